The first-order chi connectivity index (χ1) is 11.2. The number of carbonyl (C=O) groups excluding carboxylic acids is 1. The molecule has 0 bridgehead atoms. The smallest absolute Gasteiger partial charge is 0.374 e. The molecule has 5 heteroatoms. The molecule has 1 aromatic carbocycles. The molecule has 1 unspecified atom stereocenters. The minimum Gasteiger partial charge on any atom is -0.452 e. The molecule has 0 radical (unpaired) electrons. The normalized spacial score (nSPS) is 16.9. The topological polar surface area (TPSA) is 55.0 Å². The lowest BCUT2D eigenvalue weighted by molar-refractivity contribution is 0.0206. The summed E-state index contributed by atoms with van der Waals surface area (Å²) >= 11 is 5.97. The molecule has 1 aromatic heterocycles. The second-order valence-electron chi connectivity index (χ2n) is 6.12. The molecule has 1 saturated carbocycles. The molecule has 0 spiro atoms. The van der Waals surface area contributed by atoms with Gasteiger partial charge in [0.2, 0.25) is 5.82 Å². The van der Waals surface area contributed by atoms with Gasteiger partial charge in [-0.05, 0) is 30.0 Å². The maximum atomic E-state index is 12.3. The van der Waals surface area contributed by atoms with Gasteiger partial charge in [0.25, 0.3) is 0 Å². The number of imidazole rings is 1. The molecule has 1 aliphatic carbocycles. The van der Waals surface area contributed by atoms with Gasteiger partial charge >= 0.3 is 5.97 Å². The molecule has 0 aliphatic heterocycles. The fourth-order valence-corrected chi connectivity index (χ4v) is 3.34. The minimum atomic E-state index is -0.411. The van der Waals surface area contributed by atoms with E-state index in [4.69, 9.17) is 16.3 Å². The van der Waals surface area contributed by atoms with E-state index in [9.17, 15) is 4.79 Å². The number of ether oxygens (including phenoxy) is 1. The maximum Gasteiger partial charge on any atom is 0.374 e. The van der Waals surface area contributed by atoms with Gasteiger partial charge in [-0.1, -0.05) is 55.8 Å². The highest BCUT2D eigenvalue weighted by molar-refractivity contribution is 6.30. The summed E-state index contributed by atoms with van der Waals surface area (Å²) in [6.45, 7) is 0. The van der Waals surface area contributed by atoms with Crippen LogP contribution in [-0.4, -0.2) is 15.9 Å². The van der Waals surface area contributed by atoms with Gasteiger partial charge in [-0.2, -0.15) is 0 Å². The Morgan fingerprint density at radius 1 is 1.26 bits per heavy atom. The average molecular weight is 333 g/mol. The SMILES string of the molecule is O=C(OC(CC1CCCCC1)c1ccc(Cl)cc1)c1ncc[nH]1. The van der Waals surface area contributed by atoms with Crippen LogP contribution in [0.3, 0.4) is 0 Å². The molecule has 0 amide bonds. The Morgan fingerprint density at radius 2 is 2.00 bits per heavy atom. The summed E-state index contributed by atoms with van der Waals surface area (Å²) in [5.74, 6) is 0.437. The first-order valence-electron chi connectivity index (χ1n) is 8.18. The van der Waals surface area contributed by atoms with Crippen molar-refractivity contribution in [1.29, 1.82) is 0 Å². The van der Waals surface area contributed by atoms with Crippen molar-refractivity contribution in [2.24, 2.45) is 5.92 Å². The van der Waals surface area contributed by atoms with E-state index >= 15 is 0 Å². The van der Waals surface area contributed by atoms with Crippen LogP contribution in [0.5, 0.6) is 0 Å². The van der Waals surface area contributed by atoms with Gasteiger partial charge in [-0.25, -0.2) is 9.78 Å². The van der Waals surface area contributed by atoms with Crippen LogP contribution in [0, 0.1) is 5.92 Å². The Bertz CT molecular complexity index is 619. The van der Waals surface area contributed by atoms with Gasteiger partial charge < -0.3 is 9.72 Å². The van der Waals surface area contributed by atoms with E-state index in [-0.39, 0.29) is 11.9 Å². The Kier molecular flexibility index (Phi) is 5.34. The van der Waals surface area contributed by atoms with Gasteiger partial charge in [-0.3, -0.25) is 0 Å². The van der Waals surface area contributed by atoms with Crippen LogP contribution in [0.15, 0.2) is 36.7 Å². The fraction of sp³-hybridized carbons (Fsp3) is 0.444. The molecule has 23 heavy (non-hydrogen) atoms. The zero-order chi connectivity index (χ0) is 16.1. The zero-order valence-electron chi connectivity index (χ0n) is 13.0. The number of H-pyrrole nitrogens is 1. The van der Waals surface area contributed by atoms with Crippen molar-refractivity contribution in [2.75, 3.05) is 0 Å². The molecule has 3 rings (SSSR count). The predicted octanol–water partition coefficient (Wildman–Crippen LogP) is 4.93. The number of esters is 1. The number of rotatable bonds is 5. The highest BCUT2D eigenvalue weighted by atomic mass is 35.5. The highest BCUT2D eigenvalue weighted by Crippen LogP contribution is 2.34. The molecule has 1 heterocycles. The molecule has 1 fully saturated rings. The van der Waals surface area contributed by atoms with Crippen LogP contribution in [0.1, 0.15) is 60.8 Å². The van der Waals surface area contributed by atoms with E-state index in [2.05, 4.69) is 9.97 Å². The van der Waals surface area contributed by atoms with Crippen molar-refractivity contribution >= 4 is 17.6 Å². The van der Waals surface area contributed by atoms with E-state index in [1.165, 1.54) is 32.1 Å². The second kappa shape index (κ2) is 7.64. The highest BCUT2D eigenvalue weighted by Gasteiger charge is 2.24. The summed E-state index contributed by atoms with van der Waals surface area (Å²) in [7, 11) is 0. The standard InChI is InChI=1S/C18H21ClN2O2/c19-15-8-6-14(7-9-15)16(12-13-4-2-1-3-5-13)23-18(22)17-20-10-11-21-17/h6-11,13,16H,1-5,12H2,(H,20,21). The van der Waals surface area contributed by atoms with Gasteiger partial charge in [-0.15, -0.1) is 0 Å². The number of hydrogen-bond donors (Lipinski definition) is 1. The van der Waals surface area contributed by atoms with Crippen LogP contribution < -0.4 is 0 Å². The van der Waals surface area contributed by atoms with Crippen LogP contribution in [-0.2, 0) is 4.74 Å². The van der Waals surface area contributed by atoms with Crippen molar-refractivity contribution in [3.8, 4) is 0 Å². The first-order valence-corrected chi connectivity index (χ1v) is 8.56. The summed E-state index contributed by atoms with van der Waals surface area (Å²) in [5, 5.41) is 0.683. The van der Waals surface area contributed by atoms with Gasteiger partial charge in [0.15, 0.2) is 0 Å². The summed E-state index contributed by atoms with van der Waals surface area (Å²) in [4.78, 5) is 19.0. The van der Waals surface area contributed by atoms with Gasteiger partial charge in [0.1, 0.15) is 6.10 Å². The Balaban J connectivity index is 1.74. The van der Waals surface area contributed by atoms with E-state index in [0.717, 1.165) is 12.0 Å². The molecule has 4 nitrogen and oxygen atoms in total. The molecule has 122 valence electrons. The Labute approximate surface area is 141 Å². The minimum absolute atomic E-state index is 0.243. The molecular formula is C18H21ClN2O2. The van der Waals surface area contributed by atoms with E-state index in [1.54, 1.807) is 12.4 Å². The number of nitrogens with zero attached hydrogens (tertiary/aromatic N) is 1. The lowest BCUT2D eigenvalue weighted by Crippen LogP contribution is -2.17. The van der Waals surface area contributed by atoms with E-state index < -0.39 is 5.97 Å². The Hall–Kier alpha value is -1.81. The Morgan fingerprint density at radius 3 is 2.65 bits per heavy atom. The number of aromatic nitrogens is 2. The molecular weight excluding hydrogens is 312 g/mol. The largest absolute Gasteiger partial charge is 0.452 e. The molecule has 1 N–H and O–H groups in total. The molecule has 0 saturated heterocycles. The van der Waals surface area contributed by atoms with Crippen LogP contribution in [0.25, 0.3) is 0 Å². The third kappa shape index (κ3) is 4.35. The van der Waals surface area contributed by atoms with Crippen LogP contribution in [0.4, 0.5) is 0 Å². The summed E-state index contributed by atoms with van der Waals surface area (Å²) in [6.07, 6.45) is 10.0. The summed E-state index contributed by atoms with van der Waals surface area (Å²) in [6, 6.07) is 7.55. The summed E-state index contributed by atoms with van der Waals surface area (Å²) < 4.78 is 5.75. The quantitative estimate of drug-likeness (QED) is 0.790. The lowest BCUT2D eigenvalue weighted by Gasteiger charge is -2.26. The first kappa shape index (κ1) is 16.1. The molecule has 1 aliphatic rings. The third-order valence-electron chi connectivity index (χ3n) is 4.45. The zero-order valence-corrected chi connectivity index (χ0v) is 13.8. The van der Waals surface area contributed by atoms with Crippen molar-refractivity contribution in [3.05, 3.63) is 53.1 Å². The third-order valence-corrected chi connectivity index (χ3v) is 4.71. The number of halogens is 1. The molecule has 2 aromatic rings. The number of hydrogen-bond acceptors (Lipinski definition) is 3. The number of benzene rings is 1. The van der Waals surface area contributed by atoms with E-state index in [0.29, 0.717) is 10.9 Å². The van der Waals surface area contributed by atoms with Crippen molar-refractivity contribution in [3.63, 3.8) is 0 Å². The monoisotopic (exact) mass is 332 g/mol. The second-order valence-corrected chi connectivity index (χ2v) is 6.56. The van der Waals surface area contributed by atoms with Gasteiger partial charge in [0.05, 0.1) is 0 Å². The van der Waals surface area contributed by atoms with Crippen LogP contribution >= 0.6 is 11.6 Å². The number of nitrogens with one attached hydrogen (secondary N) is 1. The van der Waals surface area contributed by atoms with Crippen molar-refractivity contribution in [1.82, 2.24) is 9.97 Å². The van der Waals surface area contributed by atoms with Crippen molar-refractivity contribution in [2.45, 2.75) is 44.6 Å². The van der Waals surface area contributed by atoms with Gasteiger partial charge in [0, 0.05) is 17.4 Å². The lowest BCUT2D eigenvalue weighted by atomic mass is 9.84. The van der Waals surface area contributed by atoms with E-state index in [1.807, 2.05) is 24.3 Å². The van der Waals surface area contributed by atoms with Crippen LogP contribution in [0.2, 0.25) is 5.02 Å². The molecule has 1 atom stereocenters. The predicted molar refractivity (Wildman–Crippen MR) is 89.4 cm³/mol. The fourth-order valence-electron chi connectivity index (χ4n) is 3.22. The number of aromatic amines is 1. The maximum absolute atomic E-state index is 12.3. The average Bonchev–Trinajstić information content (AvgIpc) is 3.10. The van der Waals surface area contributed by atoms with Crippen molar-refractivity contribution < 1.29 is 9.53 Å². The summed E-state index contributed by atoms with van der Waals surface area (Å²) in [5.41, 5.74) is 0.986. The number of carbonyl (C=O) groups is 1.